The summed E-state index contributed by atoms with van der Waals surface area (Å²) in [6, 6.07) is 1.74. The highest BCUT2D eigenvalue weighted by Gasteiger charge is 2.32. The number of halogens is 3. The Kier molecular flexibility index (Phi) is 3.39. The van der Waals surface area contributed by atoms with Gasteiger partial charge in [0.15, 0.2) is 0 Å². The highest BCUT2D eigenvalue weighted by molar-refractivity contribution is 5.90. The molecule has 0 saturated carbocycles. The Morgan fingerprint density at radius 3 is 3.05 bits per heavy atom. The molecule has 0 fully saturated rings. The van der Waals surface area contributed by atoms with Crippen LogP contribution in [0.25, 0.3) is 0 Å². The molecule has 0 spiro atoms. The van der Waals surface area contributed by atoms with Gasteiger partial charge in [-0.2, -0.15) is 18.3 Å². The van der Waals surface area contributed by atoms with Gasteiger partial charge in [0.25, 0.3) is 5.91 Å². The van der Waals surface area contributed by atoms with E-state index in [4.69, 9.17) is 0 Å². The smallest absolute Gasteiger partial charge is 0.265 e. The van der Waals surface area contributed by atoms with Crippen LogP contribution in [0.3, 0.4) is 0 Å². The molecular weight excluding hydrogens is 303 g/mol. The lowest BCUT2D eigenvalue weighted by molar-refractivity contribution is -0.146. The number of nitrogens with zero attached hydrogens (tertiary/aromatic N) is 5. The molecule has 3 heterocycles. The summed E-state index contributed by atoms with van der Waals surface area (Å²) in [5.41, 5.74) is 0. The topological polar surface area (TPSA) is 101 Å². The molecule has 0 radical (unpaired) electrons. The normalized spacial score (nSPS) is 17.9. The SMILES string of the molecule is O=C(NC(F)(F)F)c1n[nH]c(C2C=Nc3ccnn3CC2)n1. The van der Waals surface area contributed by atoms with Crippen molar-refractivity contribution in [2.45, 2.75) is 25.2 Å². The second kappa shape index (κ2) is 5.24. The van der Waals surface area contributed by atoms with Crippen LogP contribution in [-0.4, -0.2) is 43.4 Å². The summed E-state index contributed by atoms with van der Waals surface area (Å²) in [7, 11) is 0. The molecule has 1 aliphatic heterocycles. The van der Waals surface area contributed by atoms with E-state index in [1.165, 1.54) is 0 Å². The number of alkyl halides is 3. The van der Waals surface area contributed by atoms with Crippen molar-refractivity contribution in [3.8, 4) is 0 Å². The van der Waals surface area contributed by atoms with Crippen molar-refractivity contribution in [1.82, 2.24) is 30.3 Å². The van der Waals surface area contributed by atoms with Crippen molar-refractivity contribution >= 4 is 17.9 Å². The van der Waals surface area contributed by atoms with Gasteiger partial charge in [0.1, 0.15) is 11.6 Å². The number of hydrogen-bond donors (Lipinski definition) is 2. The van der Waals surface area contributed by atoms with E-state index in [1.54, 1.807) is 23.2 Å². The van der Waals surface area contributed by atoms with E-state index < -0.39 is 18.0 Å². The van der Waals surface area contributed by atoms with Crippen molar-refractivity contribution in [2.24, 2.45) is 4.99 Å². The van der Waals surface area contributed by atoms with Gasteiger partial charge in [0, 0.05) is 18.8 Å². The van der Waals surface area contributed by atoms with Crippen LogP contribution in [0.1, 0.15) is 28.8 Å². The van der Waals surface area contributed by atoms with E-state index in [0.717, 1.165) is 5.32 Å². The highest BCUT2D eigenvalue weighted by Crippen LogP contribution is 2.22. The number of carbonyl (C=O) groups excluding carboxylic acids is 1. The molecule has 1 atom stereocenters. The fourth-order valence-electron chi connectivity index (χ4n) is 2.04. The Morgan fingerprint density at radius 1 is 1.45 bits per heavy atom. The molecule has 1 amide bonds. The minimum Gasteiger partial charge on any atom is -0.265 e. The molecule has 11 heteroatoms. The van der Waals surface area contributed by atoms with Crippen LogP contribution in [0.5, 0.6) is 0 Å². The van der Waals surface area contributed by atoms with E-state index in [-0.39, 0.29) is 11.7 Å². The fraction of sp³-hybridized carbons (Fsp3) is 0.364. The fourth-order valence-corrected chi connectivity index (χ4v) is 2.04. The van der Waals surface area contributed by atoms with Gasteiger partial charge in [0.2, 0.25) is 5.82 Å². The number of aliphatic imine (C=N–C) groups is 1. The number of amides is 1. The molecule has 0 aliphatic carbocycles. The number of H-pyrrole nitrogens is 1. The predicted octanol–water partition coefficient (Wildman–Crippen LogP) is 1.14. The maximum atomic E-state index is 12.1. The first-order valence-corrected chi connectivity index (χ1v) is 6.30. The van der Waals surface area contributed by atoms with Gasteiger partial charge in [0.05, 0.1) is 12.1 Å². The van der Waals surface area contributed by atoms with Crippen LogP contribution in [0.15, 0.2) is 17.3 Å². The zero-order valence-corrected chi connectivity index (χ0v) is 11.0. The van der Waals surface area contributed by atoms with Gasteiger partial charge >= 0.3 is 6.30 Å². The molecule has 0 saturated heterocycles. The third kappa shape index (κ3) is 2.97. The van der Waals surface area contributed by atoms with Gasteiger partial charge in [-0.05, 0) is 6.42 Å². The number of fused-ring (bicyclic) bond motifs is 1. The molecule has 116 valence electrons. The van der Waals surface area contributed by atoms with E-state index in [9.17, 15) is 18.0 Å². The lowest BCUT2D eigenvalue weighted by atomic mass is 10.1. The van der Waals surface area contributed by atoms with Crippen LogP contribution >= 0.6 is 0 Å². The summed E-state index contributed by atoms with van der Waals surface area (Å²) in [6.07, 6.45) is -1.02. The molecule has 3 rings (SSSR count). The monoisotopic (exact) mass is 313 g/mol. The summed E-state index contributed by atoms with van der Waals surface area (Å²) in [5, 5.41) is 10.9. The first kappa shape index (κ1) is 14.2. The molecule has 2 aromatic heterocycles. The molecule has 1 unspecified atom stereocenters. The molecule has 2 N–H and O–H groups in total. The number of aromatic amines is 1. The molecule has 8 nitrogen and oxygen atoms in total. The number of nitrogens with one attached hydrogen (secondary N) is 2. The van der Waals surface area contributed by atoms with E-state index in [1.807, 2.05) is 0 Å². The van der Waals surface area contributed by atoms with E-state index in [2.05, 4.69) is 25.3 Å². The third-order valence-electron chi connectivity index (χ3n) is 3.05. The van der Waals surface area contributed by atoms with Gasteiger partial charge in [-0.1, -0.05) is 0 Å². The number of aryl methyl sites for hydroxylation is 1. The van der Waals surface area contributed by atoms with Crippen molar-refractivity contribution in [3.63, 3.8) is 0 Å². The number of hydrogen-bond acceptors (Lipinski definition) is 5. The Balaban J connectivity index is 1.74. The average Bonchev–Trinajstić information content (AvgIpc) is 3.04. The first-order chi connectivity index (χ1) is 10.4. The first-order valence-electron chi connectivity index (χ1n) is 6.30. The third-order valence-corrected chi connectivity index (χ3v) is 3.05. The summed E-state index contributed by atoms with van der Waals surface area (Å²) >= 11 is 0. The van der Waals surface area contributed by atoms with Gasteiger partial charge in [-0.25, -0.2) is 14.7 Å². The Bertz CT molecular complexity index is 717. The number of aromatic nitrogens is 5. The molecular formula is C11H10F3N7O. The molecule has 1 aliphatic rings. The quantitative estimate of drug-likeness (QED) is 0.812. The largest absolute Gasteiger partial charge is 0.484 e. The zero-order valence-electron chi connectivity index (χ0n) is 11.0. The summed E-state index contributed by atoms with van der Waals surface area (Å²) < 4.78 is 38.0. The second-order valence-electron chi connectivity index (χ2n) is 4.58. The molecule has 2 aromatic rings. The van der Waals surface area contributed by atoms with Crippen molar-refractivity contribution in [1.29, 1.82) is 0 Å². The van der Waals surface area contributed by atoms with Crippen LogP contribution in [0.4, 0.5) is 19.0 Å². The van der Waals surface area contributed by atoms with Crippen molar-refractivity contribution < 1.29 is 18.0 Å². The summed E-state index contributed by atoms with van der Waals surface area (Å²) in [5.74, 6) is -1.31. The maximum absolute atomic E-state index is 12.1. The molecule has 0 aromatic carbocycles. The van der Waals surface area contributed by atoms with Gasteiger partial charge in [-0.3, -0.25) is 15.2 Å². The Morgan fingerprint density at radius 2 is 2.27 bits per heavy atom. The minimum absolute atomic E-state index is 0.279. The van der Waals surface area contributed by atoms with Crippen molar-refractivity contribution in [3.05, 3.63) is 23.9 Å². The second-order valence-corrected chi connectivity index (χ2v) is 4.58. The van der Waals surface area contributed by atoms with Crippen LogP contribution < -0.4 is 5.32 Å². The zero-order chi connectivity index (χ0) is 15.7. The Hall–Kier alpha value is -2.72. The summed E-state index contributed by atoms with van der Waals surface area (Å²) in [6.45, 7) is 0.567. The van der Waals surface area contributed by atoms with E-state index >= 15 is 0 Å². The van der Waals surface area contributed by atoms with Gasteiger partial charge in [-0.15, -0.1) is 5.10 Å². The molecule has 0 bridgehead atoms. The number of carbonyl (C=O) groups is 1. The lowest BCUT2D eigenvalue weighted by Gasteiger charge is -2.06. The maximum Gasteiger partial charge on any atom is 0.484 e. The number of rotatable bonds is 2. The minimum atomic E-state index is -4.82. The standard InChI is InChI=1S/C11H10F3N7O/c12-11(13,14)18-10(22)9-17-8(19-20-9)6-2-4-21-7(15-5-6)1-3-16-21/h1,3,5-6H,2,4H2,(H,18,22)(H,17,19,20). The van der Waals surface area contributed by atoms with Crippen molar-refractivity contribution in [2.75, 3.05) is 0 Å². The highest BCUT2D eigenvalue weighted by atomic mass is 19.4. The van der Waals surface area contributed by atoms with Crippen LogP contribution in [0.2, 0.25) is 0 Å². The average molecular weight is 313 g/mol. The Labute approximate surface area is 121 Å². The predicted molar refractivity (Wildman–Crippen MR) is 67.6 cm³/mol. The van der Waals surface area contributed by atoms with Gasteiger partial charge < -0.3 is 0 Å². The lowest BCUT2D eigenvalue weighted by Crippen LogP contribution is -2.37. The van der Waals surface area contributed by atoms with E-state index in [0.29, 0.717) is 18.8 Å². The molecule has 22 heavy (non-hydrogen) atoms. The van der Waals surface area contributed by atoms with Crippen LogP contribution in [0, 0.1) is 0 Å². The van der Waals surface area contributed by atoms with Crippen LogP contribution in [-0.2, 0) is 6.54 Å². The summed E-state index contributed by atoms with van der Waals surface area (Å²) in [4.78, 5) is 19.4.